The van der Waals surface area contributed by atoms with Crippen LogP contribution in [-0.4, -0.2) is 41.7 Å². The number of anilines is 1. The minimum absolute atomic E-state index is 0.0156. The zero-order valence-electron chi connectivity index (χ0n) is 13.0. The van der Waals surface area contributed by atoms with Crippen molar-refractivity contribution in [1.29, 1.82) is 0 Å². The molecule has 116 valence electrons. The number of aryl methyl sites for hydroxylation is 1. The van der Waals surface area contributed by atoms with Crippen LogP contribution in [0.15, 0.2) is 24.3 Å². The van der Waals surface area contributed by atoms with Gasteiger partial charge in [0, 0.05) is 18.8 Å². The van der Waals surface area contributed by atoms with Crippen LogP contribution in [0.4, 0.5) is 5.69 Å². The molecule has 1 aliphatic rings. The molecule has 1 fully saturated rings. The van der Waals surface area contributed by atoms with Crippen LogP contribution in [-0.2, 0) is 11.2 Å². The molecule has 0 bridgehead atoms. The normalized spacial score (nSPS) is 23.0. The number of carbonyl (C=O) groups excluding carboxylic acids is 1. The third kappa shape index (κ3) is 4.83. The summed E-state index contributed by atoms with van der Waals surface area (Å²) in [6, 6.07) is 8.06. The van der Waals surface area contributed by atoms with Gasteiger partial charge in [0.1, 0.15) is 0 Å². The molecule has 2 rings (SSSR count). The van der Waals surface area contributed by atoms with E-state index in [4.69, 9.17) is 0 Å². The Hall–Kier alpha value is -1.39. The molecule has 2 unspecified atom stereocenters. The summed E-state index contributed by atoms with van der Waals surface area (Å²) in [6.45, 7) is 6.15. The second kappa shape index (κ2) is 7.57. The summed E-state index contributed by atoms with van der Waals surface area (Å²) in [5.74, 6) is 0.252. The molecule has 1 aromatic carbocycles. The van der Waals surface area contributed by atoms with Gasteiger partial charge >= 0.3 is 0 Å². The van der Waals surface area contributed by atoms with Crippen molar-refractivity contribution in [2.24, 2.45) is 5.92 Å². The second-order valence-corrected chi connectivity index (χ2v) is 6.06. The van der Waals surface area contributed by atoms with Crippen molar-refractivity contribution in [1.82, 2.24) is 4.90 Å². The van der Waals surface area contributed by atoms with E-state index in [-0.39, 0.29) is 17.9 Å². The number of nitrogens with zero attached hydrogens (tertiary/aromatic N) is 1. The summed E-state index contributed by atoms with van der Waals surface area (Å²) in [6.07, 6.45) is 2.73. The predicted molar refractivity (Wildman–Crippen MR) is 85.3 cm³/mol. The lowest BCUT2D eigenvalue weighted by atomic mass is 9.97. The van der Waals surface area contributed by atoms with Crippen molar-refractivity contribution in [2.45, 2.75) is 39.2 Å². The Morgan fingerprint density at radius 1 is 1.38 bits per heavy atom. The first-order valence-electron chi connectivity index (χ1n) is 7.87. The van der Waals surface area contributed by atoms with E-state index < -0.39 is 0 Å². The monoisotopic (exact) mass is 290 g/mol. The average molecular weight is 290 g/mol. The van der Waals surface area contributed by atoms with Gasteiger partial charge in [0.25, 0.3) is 0 Å². The third-order valence-corrected chi connectivity index (χ3v) is 4.09. The second-order valence-electron chi connectivity index (χ2n) is 6.06. The van der Waals surface area contributed by atoms with Crippen molar-refractivity contribution >= 4 is 11.6 Å². The Labute approximate surface area is 127 Å². The molecule has 0 radical (unpaired) electrons. The van der Waals surface area contributed by atoms with Crippen molar-refractivity contribution < 1.29 is 9.90 Å². The molecule has 0 aliphatic carbocycles. The Balaban J connectivity index is 1.81. The number of rotatable bonds is 5. The number of benzene rings is 1. The standard InChI is InChI=1S/C17H26N2O2/c1-3-4-14-5-7-15(8-6-14)18-17(21)12-19-10-9-16(20)13(2)11-19/h5-8,13,16,20H,3-4,9-12H2,1-2H3,(H,18,21). The van der Waals surface area contributed by atoms with Crippen LogP contribution >= 0.6 is 0 Å². The molecule has 0 spiro atoms. The third-order valence-electron chi connectivity index (χ3n) is 4.09. The number of aliphatic hydroxyl groups is 1. The highest BCUT2D eigenvalue weighted by Crippen LogP contribution is 2.16. The highest BCUT2D eigenvalue weighted by molar-refractivity contribution is 5.92. The number of aliphatic hydroxyl groups excluding tert-OH is 1. The van der Waals surface area contributed by atoms with E-state index in [1.54, 1.807) is 0 Å². The summed E-state index contributed by atoms with van der Waals surface area (Å²) < 4.78 is 0. The van der Waals surface area contributed by atoms with Gasteiger partial charge in [-0.05, 0) is 36.5 Å². The molecule has 2 atom stereocenters. The lowest BCUT2D eigenvalue weighted by Gasteiger charge is -2.33. The maximum absolute atomic E-state index is 12.1. The maximum atomic E-state index is 12.1. The number of hydrogen-bond donors (Lipinski definition) is 2. The molecule has 1 amide bonds. The summed E-state index contributed by atoms with van der Waals surface area (Å²) >= 11 is 0. The van der Waals surface area contributed by atoms with E-state index in [2.05, 4.69) is 29.3 Å². The van der Waals surface area contributed by atoms with Gasteiger partial charge in [-0.15, -0.1) is 0 Å². The van der Waals surface area contributed by atoms with E-state index in [1.165, 1.54) is 5.56 Å². The van der Waals surface area contributed by atoms with Crippen LogP contribution < -0.4 is 5.32 Å². The number of hydrogen-bond acceptors (Lipinski definition) is 3. The van der Waals surface area contributed by atoms with Crippen molar-refractivity contribution in [2.75, 3.05) is 25.0 Å². The van der Waals surface area contributed by atoms with Crippen LogP contribution in [0.3, 0.4) is 0 Å². The van der Waals surface area contributed by atoms with Gasteiger partial charge in [-0.2, -0.15) is 0 Å². The van der Waals surface area contributed by atoms with Gasteiger partial charge in [0.05, 0.1) is 12.6 Å². The predicted octanol–water partition coefficient (Wildman–Crippen LogP) is 2.28. The fourth-order valence-corrected chi connectivity index (χ4v) is 2.81. The zero-order valence-corrected chi connectivity index (χ0v) is 13.0. The molecule has 4 nitrogen and oxygen atoms in total. The summed E-state index contributed by atoms with van der Waals surface area (Å²) in [5.41, 5.74) is 2.15. The average Bonchev–Trinajstić information content (AvgIpc) is 2.45. The smallest absolute Gasteiger partial charge is 0.238 e. The van der Waals surface area contributed by atoms with Crippen molar-refractivity contribution in [3.8, 4) is 0 Å². The van der Waals surface area contributed by atoms with E-state index in [0.29, 0.717) is 6.54 Å². The molecular weight excluding hydrogens is 264 g/mol. The van der Waals surface area contributed by atoms with Crippen LogP contribution in [0, 0.1) is 5.92 Å². The first-order chi connectivity index (χ1) is 10.1. The Morgan fingerprint density at radius 2 is 2.10 bits per heavy atom. The van der Waals surface area contributed by atoms with Gasteiger partial charge in [0.2, 0.25) is 5.91 Å². The Bertz CT molecular complexity index is 458. The van der Waals surface area contributed by atoms with Gasteiger partial charge in [-0.3, -0.25) is 9.69 Å². The number of piperidine rings is 1. The largest absolute Gasteiger partial charge is 0.393 e. The van der Waals surface area contributed by atoms with Crippen molar-refractivity contribution in [3.05, 3.63) is 29.8 Å². The van der Waals surface area contributed by atoms with E-state index >= 15 is 0 Å². The molecule has 0 aromatic heterocycles. The quantitative estimate of drug-likeness (QED) is 0.875. The van der Waals surface area contributed by atoms with E-state index in [0.717, 1.165) is 38.0 Å². The van der Waals surface area contributed by atoms with Crippen LogP contribution in [0.25, 0.3) is 0 Å². The minimum atomic E-state index is -0.226. The number of carbonyl (C=O) groups is 1. The van der Waals surface area contributed by atoms with Crippen LogP contribution in [0.5, 0.6) is 0 Å². The van der Waals surface area contributed by atoms with E-state index in [9.17, 15) is 9.90 Å². The van der Waals surface area contributed by atoms with E-state index in [1.807, 2.05) is 19.1 Å². The summed E-state index contributed by atoms with van der Waals surface area (Å²) in [4.78, 5) is 14.2. The molecule has 1 saturated heterocycles. The Morgan fingerprint density at radius 3 is 2.71 bits per heavy atom. The first-order valence-corrected chi connectivity index (χ1v) is 7.87. The van der Waals surface area contributed by atoms with Crippen LogP contribution in [0.1, 0.15) is 32.3 Å². The van der Waals surface area contributed by atoms with Crippen molar-refractivity contribution in [3.63, 3.8) is 0 Å². The first kappa shape index (κ1) is 16.0. The molecule has 21 heavy (non-hydrogen) atoms. The van der Waals surface area contributed by atoms with Gasteiger partial charge in [-0.25, -0.2) is 0 Å². The SMILES string of the molecule is CCCc1ccc(NC(=O)CN2CCC(O)C(C)C2)cc1. The van der Waals surface area contributed by atoms with Gasteiger partial charge in [-0.1, -0.05) is 32.4 Å². The maximum Gasteiger partial charge on any atom is 0.238 e. The number of likely N-dealkylation sites (tertiary alicyclic amines) is 1. The number of amides is 1. The molecular formula is C17H26N2O2. The molecule has 2 N–H and O–H groups in total. The fourth-order valence-electron chi connectivity index (χ4n) is 2.81. The summed E-state index contributed by atoms with van der Waals surface area (Å²) in [5, 5.41) is 12.6. The van der Waals surface area contributed by atoms with Gasteiger partial charge in [0.15, 0.2) is 0 Å². The Kier molecular flexibility index (Phi) is 5.76. The van der Waals surface area contributed by atoms with Gasteiger partial charge < -0.3 is 10.4 Å². The lowest BCUT2D eigenvalue weighted by molar-refractivity contribution is -0.118. The molecule has 4 heteroatoms. The van der Waals surface area contributed by atoms with Crippen LogP contribution in [0.2, 0.25) is 0 Å². The molecule has 1 aliphatic heterocycles. The fraction of sp³-hybridized carbons (Fsp3) is 0.588. The molecule has 1 heterocycles. The highest BCUT2D eigenvalue weighted by atomic mass is 16.3. The number of nitrogens with one attached hydrogen (secondary N) is 1. The minimum Gasteiger partial charge on any atom is -0.393 e. The lowest BCUT2D eigenvalue weighted by Crippen LogP contribution is -2.45. The molecule has 1 aromatic rings. The topological polar surface area (TPSA) is 52.6 Å². The molecule has 0 saturated carbocycles. The zero-order chi connectivity index (χ0) is 15.2. The summed E-state index contributed by atoms with van der Waals surface area (Å²) in [7, 11) is 0. The highest BCUT2D eigenvalue weighted by Gasteiger charge is 2.25.